The lowest BCUT2D eigenvalue weighted by molar-refractivity contribution is -0.141. The Balaban J connectivity index is 2.13. The molecule has 2 unspecified atom stereocenters. The molecular formula is C24H27N3O4. The van der Waals surface area contributed by atoms with Gasteiger partial charge in [-0.2, -0.15) is 0 Å². The maximum absolute atomic E-state index is 13.5. The molecule has 0 spiro atoms. The third-order valence-corrected chi connectivity index (χ3v) is 5.25. The molecule has 1 aromatic heterocycles. The van der Waals surface area contributed by atoms with E-state index >= 15 is 0 Å². The molecule has 0 bridgehead atoms. The summed E-state index contributed by atoms with van der Waals surface area (Å²) in [5.41, 5.74) is 2.15. The van der Waals surface area contributed by atoms with E-state index in [1.54, 1.807) is 12.1 Å². The maximum atomic E-state index is 13.5. The predicted octanol–water partition coefficient (Wildman–Crippen LogP) is 3.31. The van der Waals surface area contributed by atoms with E-state index in [0.29, 0.717) is 29.6 Å². The molecule has 2 aromatic carbocycles. The van der Waals surface area contributed by atoms with Crippen molar-refractivity contribution in [3.8, 4) is 0 Å². The number of carboxylic acid groups (broad SMARTS) is 1. The van der Waals surface area contributed by atoms with Crippen molar-refractivity contribution in [3.05, 3.63) is 76.2 Å². The van der Waals surface area contributed by atoms with Crippen LogP contribution in [0.5, 0.6) is 0 Å². The largest absolute Gasteiger partial charge is 0.480 e. The number of aliphatic carboxylic acids is 1. The minimum absolute atomic E-state index is 0.332. The van der Waals surface area contributed by atoms with Crippen LogP contribution in [0.3, 0.4) is 0 Å². The van der Waals surface area contributed by atoms with Crippen LogP contribution in [0.2, 0.25) is 0 Å². The van der Waals surface area contributed by atoms with Crippen molar-refractivity contribution in [1.29, 1.82) is 0 Å². The van der Waals surface area contributed by atoms with Crippen LogP contribution in [0.1, 0.15) is 50.4 Å². The summed E-state index contributed by atoms with van der Waals surface area (Å²) in [6, 6.07) is 14.9. The molecule has 0 saturated carbocycles. The molecule has 7 heteroatoms. The Kier molecular flexibility index (Phi) is 7.18. The molecule has 2 atom stereocenters. The molecule has 3 rings (SSSR count). The summed E-state index contributed by atoms with van der Waals surface area (Å²) in [6.07, 6.45) is 2.33. The van der Waals surface area contributed by atoms with Crippen LogP contribution >= 0.6 is 0 Å². The number of carboxylic acids is 1. The Morgan fingerprint density at radius 3 is 2.45 bits per heavy atom. The number of aromatic nitrogens is 2. The minimum Gasteiger partial charge on any atom is -0.480 e. The summed E-state index contributed by atoms with van der Waals surface area (Å²) in [5, 5.41) is 11.7. The molecule has 0 aliphatic heterocycles. The number of carbonyl (C=O) groups excluding carboxylic acids is 1. The molecule has 162 valence electrons. The normalized spacial score (nSPS) is 13.0. The number of nitrogens with one attached hydrogen (secondary N) is 1. The van der Waals surface area contributed by atoms with Gasteiger partial charge in [0, 0.05) is 6.42 Å². The summed E-state index contributed by atoms with van der Waals surface area (Å²) >= 11 is 0. The zero-order valence-corrected chi connectivity index (χ0v) is 17.7. The Morgan fingerprint density at radius 2 is 1.77 bits per heavy atom. The quantitative estimate of drug-likeness (QED) is 0.552. The summed E-state index contributed by atoms with van der Waals surface area (Å²) in [5.74, 6) is -1.60. The first-order valence-electron chi connectivity index (χ1n) is 10.5. The molecule has 2 N–H and O–H groups in total. The Bertz CT molecular complexity index is 1120. The predicted molar refractivity (Wildman–Crippen MR) is 119 cm³/mol. The average Bonchev–Trinajstić information content (AvgIpc) is 2.76. The highest BCUT2D eigenvalue weighted by molar-refractivity contribution is 5.87. The first-order valence-corrected chi connectivity index (χ1v) is 10.5. The zero-order valence-electron chi connectivity index (χ0n) is 17.7. The molecule has 31 heavy (non-hydrogen) atoms. The second kappa shape index (κ2) is 10.0. The van der Waals surface area contributed by atoms with Gasteiger partial charge in [-0.1, -0.05) is 62.2 Å². The van der Waals surface area contributed by atoms with Crippen molar-refractivity contribution in [2.75, 3.05) is 0 Å². The molecular weight excluding hydrogens is 394 g/mol. The van der Waals surface area contributed by atoms with E-state index in [4.69, 9.17) is 0 Å². The Morgan fingerprint density at radius 1 is 1.10 bits per heavy atom. The zero-order chi connectivity index (χ0) is 22.4. The number of fused-ring (bicyclic) bond motifs is 1. The molecule has 0 fully saturated rings. The van der Waals surface area contributed by atoms with Gasteiger partial charge >= 0.3 is 5.97 Å². The minimum atomic E-state index is -1.13. The molecule has 1 amide bonds. The van der Waals surface area contributed by atoms with E-state index in [9.17, 15) is 19.5 Å². The van der Waals surface area contributed by atoms with Gasteiger partial charge < -0.3 is 10.4 Å². The fourth-order valence-electron chi connectivity index (χ4n) is 3.56. The van der Waals surface area contributed by atoms with Gasteiger partial charge in [0.05, 0.1) is 11.0 Å². The van der Waals surface area contributed by atoms with Gasteiger partial charge in [-0.15, -0.1) is 0 Å². The number of benzene rings is 2. The van der Waals surface area contributed by atoms with E-state index < -0.39 is 24.0 Å². The topological polar surface area (TPSA) is 101 Å². The van der Waals surface area contributed by atoms with E-state index in [1.807, 2.05) is 49.4 Å². The van der Waals surface area contributed by atoms with Gasteiger partial charge in [0.1, 0.15) is 17.8 Å². The summed E-state index contributed by atoms with van der Waals surface area (Å²) in [4.78, 5) is 42.4. The molecule has 1 heterocycles. The van der Waals surface area contributed by atoms with Crippen LogP contribution in [-0.2, 0) is 16.0 Å². The van der Waals surface area contributed by atoms with Crippen molar-refractivity contribution >= 4 is 22.9 Å². The highest BCUT2D eigenvalue weighted by Crippen LogP contribution is 2.21. The number of hydrogen-bond donors (Lipinski definition) is 2. The first kappa shape index (κ1) is 22.2. The third kappa shape index (κ3) is 5.17. The number of hydrogen-bond acceptors (Lipinski definition) is 4. The van der Waals surface area contributed by atoms with Crippen molar-refractivity contribution in [1.82, 2.24) is 14.9 Å². The highest BCUT2D eigenvalue weighted by Gasteiger charge is 2.27. The summed E-state index contributed by atoms with van der Waals surface area (Å²) < 4.78 is 1.49. The van der Waals surface area contributed by atoms with Crippen LogP contribution in [-0.4, -0.2) is 32.6 Å². The number of amides is 1. The average molecular weight is 421 g/mol. The highest BCUT2D eigenvalue weighted by atomic mass is 16.4. The Hall–Kier alpha value is -3.48. The van der Waals surface area contributed by atoms with Gasteiger partial charge in [0.25, 0.3) is 5.56 Å². The van der Waals surface area contributed by atoms with E-state index in [-0.39, 0.29) is 5.56 Å². The summed E-state index contributed by atoms with van der Waals surface area (Å²) in [7, 11) is 0. The number of rotatable bonds is 9. The maximum Gasteiger partial charge on any atom is 0.325 e. The van der Waals surface area contributed by atoms with Crippen LogP contribution in [0.4, 0.5) is 0 Å². The fourth-order valence-corrected chi connectivity index (χ4v) is 3.56. The number of carbonyl (C=O) groups is 2. The summed E-state index contributed by atoms with van der Waals surface area (Å²) in [6.45, 7) is 3.41. The van der Waals surface area contributed by atoms with Gasteiger partial charge in [-0.05, 0) is 31.0 Å². The monoisotopic (exact) mass is 421 g/mol. The number of para-hydroxylation sites is 2. The molecule has 7 nitrogen and oxygen atoms in total. The van der Waals surface area contributed by atoms with E-state index in [1.165, 1.54) is 11.5 Å². The number of unbranched alkanes of at least 4 members (excludes halogenated alkanes) is 1. The van der Waals surface area contributed by atoms with E-state index in [2.05, 4.69) is 10.3 Å². The van der Waals surface area contributed by atoms with Crippen LogP contribution in [0.15, 0.2) is 59.4 Å². The van der Waals surface area contributed by atoms with E-state index in [0.717, 1.165) is 18.4 Å². The smallest absolute Gasteiger partial charge is 0.325 e. The standard InChI is InChI=1S/C24H27N3O4/c1-3-4-13-21(22(28)25-16(2)24(30)31)27-20-14-9-8-12-18(20)26-19(23(27)29)15-17-10-6-5-7-11-17/h5-12,14,16,21H,3-4,13,15H2,1-2H3,(H,25,28)(H,30,31). The molecule has 3 aromatic rings. The van der Waals surface area contributed by atoms with Crippen LogP contribution in [0, 0.1) is 0 Å². The SMILES string of the molecule is CCCCC(C(=O)NC(C)C(=O)O)n1c(=O)c(Cc2ccccc2)nc2ccccc21. The van der Waals surface area contributed by atoms with Crippen molar-refractivity contribution < 1.29 is 14.7 Å². The lowest BCUT2D eigenvalue weighted by atomic mass is 10.1. The van der Waals surface area contributed by atoms with Crippen molar-refractivity contribution in [3.63, 3.8) is 0 Å². The lowest BCUT2D eigenvalue weighted by Gasteiger charge is -2.23. The van der Waals surface area contributed by atoms with Gasteiger partial charge in [0.15, 0.2) is 0 Å². The first-order chi connectivity index (χ1) is 14.9. The van der Waals surface area contributed by atoms with Gasteiger partial charge in [-0.25, -0.2) is 4.98 Å². The fraction of sp³-hybridized carbons (Fsp3) is 0.333. The van der Waals surface area contributed by atoms with Crippen molar-refractivity contribution in [2.45, 2.75) is 51.6 Å². The third-order valence-electron chi connectivity index (χ3n) is 5.25. The Labute approximate surface area is 180 Å². The molecule has 0 saturated heterocycles. The molecule has 0 aliphatic carbocycles. The number of nitrogens with zero attached hydrogens (tertiary/aromatic N) is 2. The second-order valence-electron chi connectivity index (χ2n) is 7.61. The van der Waals surface area contributed by atoms with Gasteiger partial charge in [0.2, 0.25) is 5.91 Å². The molecule has 0 aliphatic rings. The second-order valence-corrected chi connectivity index (χ2v) is 7.61. The van der Waals surface area contributed by atoms with Crippen LogP contribution < -0.4 is 10.9 Å². The lowest BCUT2D eigenvalue weighted by Crippen LogP contribution is -2.44. The van der Waals surface area contributed by atoms with Gasteiger partial charge in [-0.3, -0.25) is 19.0 Å². The van der Waals surface area contributed by atoms with Crippen molar-refractivity contribution in [2.24, 2.45) is 0 Å². The van der Waals surface area contributed by atoms with Crippen LogP contribution in [0.25, 0.3) is 11.0 Å². The molecule has 0 radical (unpaired) electrons.